The van der Waals surface area contributed by atoms with Crippen molar-refractivity contribution in [3.8, 4) is 0 Å². The Morgan fingerprint density at radius 3 is 2.79 bits per heavy atom. The maximum absolute atomic E-state index is 13.2. The topological polar surface area (TPSA) is 37.8 Å². The summed E-state index contributed by atoms with van der Waals surface area (Å²) in [5.41, 5.74) is 0.389. The minimum Gasteiger partial charge on any atom is -0.338 e. The molecule has 2 rings (SSSR count). The lowest BCUT2D eigenvalue weighted by molar-refractivity contribution is 0.632. The third-order valence-corrected chi connectivity index (χ3v) is 1.67. The fraction of sp³-hybridized carbons (Fsp3) is 0. The summed E-state index contributed by atoms with van der Waals surface area (Å²) in [6.07, 6.45) is 3.95. The standard InChI is InChI=1S/C10H7FN3/c11-8-3-1-2-4-9(8)14-10-5-6-12-7-13-10/h1-6H,(H,12,13,14). The largest absolute Gasteiger partial charge is 0.338 e. The van der Waals surface area contributed by atoms with E-state index in [1.54, 1.807) is 24.3 Å². The third kappa shape index (κ3) is 1.85. The van der Waals surface area contributed by atoms with Gasteiger partial charge in [-0.2, -0.15) is 0 Å². The van der Waals surface area contributed by atoms with Crippen LogP contribution < -0.4 is 5.32 Å². The van der Waals surface area contributed by atoms with Gasteiger partial charge in [-0.25, -0.2) is 14.4 Å². The first-order valence-electron chi connectivity index (χ1n) is 4.07. The molecule has 0 aliphatic heterocycles. The molecule has 1 N–H and O–H groups in total. The molecule has 1 aromatic heterocycles. The predicted molar refractivity (Wildman–Crippen MR) is 50.6 cm³/mol. The quantitative estimate of drug-likeness (QED) is 0.784. The molecule has 4 heteroatoms. The number of halogens is 1. The second-order valence-electron chi connectivity index (χ2n) is 2.65. The van der Waals surface area contributed by atoms with Crippen LogP contribution in [0.4, 0.5) is 15.9 Å². The number of nitrogens with one attached hydrogen (secondary N) is 1. The molecule has 0 saturated carbocycles. The van der Waals surface area contributed by atoms with Gasteiger partial charge in [-0.1, -0.05) is 12.1 Å². The Bertz CT molecular complexity index is 417. The molecule has 3 nitrogen and oxygen atoms in total. The molecule has 0 aliphatic rings. The molecular weight excluding hydrogens is 181 g/mol. The summed E-state index contributed by atoms with van der Waals surface area (Å²) in [5, 5.41) is 2.81. The number of hydrogen-bond donors (Lipinski definition) is 1. The van der Waals surface area contributed by atoms with E-state index in [0.29, 0.717) is 11.5 Å². The lowest BCUT2D eigenvalue weighted by Gasteiger charge is -2.04. The zero-order chi connectivity index (χ0) is 9.80. The van der Waals surface area contributed by atoms with Gasteiger partial charge in [-0.15, -0.1) is 0 Å². The van der Waals surface area contributed by atoms with Crippen LogP contribution in [0.25, 0.3) is 0 Å². The van der Waals surface area contributed by atoms with E-state index in [1.165, 1.54) is 12.3 Å². The van der Waals surface area contributed by atoms with E-state index >= 15 is 0 Å². The average molecular weight is 188 g/mol. The number of hydrogen-bond acceptors (Lipinski definition) is 3. The molecule has 14 heavy (non-hydrogen) atoms. The first kappa shape index (κ1) is 8.62. The molecule has 1 aromatic carbocycles. The van der Waals surface area contributed by atoms with Gasteiger partial charge in [0.15, 0.2) is 6.33 Å². The molecular formula is C10H7FN3. The lowest BCUT2D eigenvalue weighted by atomic mass is 10.3. The van der Waals surface area contributed by atoms with Gasteiger partial charge in [-0.05, 0) is 18.2 Å². The number of aromatic nitrogens is 2. The molecule has 1 radical (unpaired) electrons. The van der Waals surface area contributed by atoms with Crippen LogP contribution in [0.15, 0.2) is 36.5 Å². The summed E-state index contributed by atoms with van der Waals surface area (Å²) in [5.74, 6) is 0.205. The fourth-order valence-corrected chi connectivity index (χ4v) is 1.03. The van der Waals surface area contributed by atoms with E-state index in [9.17, 15) is 4.39 Å². The Kier molecular flexibility index (Phi) is 2.36. The van der Waals surface area contributed by atoms with E-state index in [4.69, 9.17) is 0 Å². The molecule has 0 spiro atoms. The monoisotopic (exact) mass is 188 g/mol. The predicted octanol–water partition coefficient (Wildman–Crippen LogP) is 2.16. The molecule has 0 aliphatic carbocycles. The summed E-state index contributed by atoms with van der Waals surface area (Å²) >= 11 is 0. The molecule has 1 heterocycles. The van der Waals surface area contributed by atoms with Crippen molar-refractivity contribution in [3.63, 3.8) is 0 Å². The zero-order valence-electron chi connectivity index (χ0n) is 7.24. The van der Waals surface area contributed by atoms with E-state index in [2.05, 4.69) is 21.6 Å². The van der Waals surface area contributed by atoms with Crippen molar-refractivity contribution in [2.45, 2.75) is 0 Å². The van der Waals surface area contributed by atoms with Gasteiger partial charge in [0, 0.05) is 6.20 Å². The van der Waals surface area contributed by atoms with Crippen molar-refractivity contribution in [3.05, 3.63) is 48.7 Å². The van der Waals surface area contributed by atoms with E-state index < -0.39 is 0 Å². The van der Waals surface area contributed by atoms with Gasteiger partial charge in [0.25, 0.3) is 0 Å². The molecule has 0 bridgehead atoms. The molecule has 0 saturated heterocycles. The Morgan fingerprint density at radius 2 is 2.07 bits per heavy atom. The van der Waals surface area contributed by atoms with Gasteiger partial charge in [0.1, 0.15) is 11.6 Å². The Morgan fingerprint density at radius 1 is 1.21 bits per heavy atom. The normalized spacial score (nSPS) is 9.79. The Balaban J connectivity index is 2.24. The van der Waals surface area contributed by atoms with Crippen LogP contribution in [-0.4, -0.2) is 9.97 Å². The van der Waals surface area contributed by atoms with Crippen molar-refractivity contribution in [1.29, 1.82) is 0 Å². The first-order chi connectivity index (χ1) is 6.86. The smallest absolute Gasteiger partial charge is 0.199 e. The van der Waals surface area contributed by atoms with Gasteiger partial charge in [-0.3, -0.25) is 0 Å². The summed E-state index contributed by atoms with van der Waals surface area (Å²) in [4.78, 5) is 7.44. The van der Waals surface area contributed by atoms with Crippen LogP contribution in [0.2, 0.25) is 0 Å². The maximum atomic E-state index is 13.2. The highest BCUT2D eigenvalue weighted by Crippen LogP contribution is 2.16. The second kappa shape index (κ2) is 3.83. The van der Waals surface area contributed by atoms with Gasteiger partial charge in [0.05, 0.1) is 5.69 Å². The Labute approximate surface area is 80.6 Å². The van der Waals surface area contributed by atoms with Crippen LogP contribution in [0, 0.1) is 12.1 Å². The number of anilines is 2. The summed E-state index contributed by atoms with van der Waals surface area (Å²) in [6.45, 7) is 0. The van der Waals surface area contributed by atoms with Crippen LogP contribution in [0.1, 0.15) is 0 Å². The van der Waals surface area contributed by atoms with E-state index in [1.807, 2.05) is 0 Å². The highest BCUT2D eigenvalue weighted by molar-refractivity contribution is 5.55. The van der Waals surface area contributed by atoms with Crippen molar-refractivity contribution < 1.29 is 4.39 Å². The van der Waals surface area contributed by atoms with Gasteiger partial charge in [0.2, 0.25) is 0 Å². The van der Waals surface area contributed by atoms with Crippen LogP contribution in [0.3, 0.4) is 0 Å². The zero-order valence-corrected chi connectivity index (χ0v) is 7.24. The summed E-state index contributed by atoms with van der Waals surface area (Å²) in [7, 11) is 0. The first-order valence-corrected chi connectivity index (χ1v) is 4.07. The second-order valence-corrected chi connectivity index (χ2v) is 2.65. The van der Waals surface area contributed by atoms with Gasteiger partial charge >= 0.3 is 0 Å². The lowest BCUT2D eigenvalue weighted by Crippen LogP contribution is -1.95. The fourth-order valence-electron chi connectivity index (χ4n) is 1.03. The molecule has 2 aromatic rings. The number of para-hydroxylation sites is 1. The van der Waals surface area contributed by atoms with E-state index in [-0.39, 0.29) is 5.82 Å². The molecule has 0 atom stereocenters. The molecule has 0 amide bonds. The van der Waals surface area contributed by atoms with Crippen LogP contribution in [0.5, 0.6) is 0 Å². The SMILES string of the molecule is Fc1ccccc1Nc1ccn[c]n1. The van der Waals surface area contributed by atoms with Gasteiger partial charge < -0.3 is 5.32 Å². The van der Waals surface area contributed by atoms with Crippen molar-refractivity contribution in [1.82, 2.24) is 9.97 Å². The molecule has 69 valence electrons. The third-order valence-electron chi connectivity index (χ3n) is 1.67. The van der Waals surface area contributed by atoms with Crippen molar-refractivity contribution in [2.75, 3.05) is 5.32 Å². The van der Waals surface area contributed by atoms with Crippen LogP contribution >= 0.6 is 0 Å². The highest BCUT2D eigenvalue weighted by atomic mass is 19.1. The van der Waals surface area contributed by atoms with E-state index in [0.717, 1.165) is 0 Å². The van der Waals surface area contributed by atoms with Crippen molar-refractivity contribution in [2.24, 2.45) is 0 Å². The van der Waals surface area contributed by atoms with Crippen LogP contribution in [-0.2, 0) is 0 Å². The van der Waals surface area contributed by atoms with Crippen molar-refractivity contribution >= 4 is 11.5 Å². The number of rotatable bonds is 2. The minimum atomic E-state index is -0.314. The minimum absolute atomic E-state index is 0.314. The Hall–Kier alpha value is -1.97. The highest BCUT2D eigenvalue weighted by Gasteiger charge is 2.00. The maximum Gasteiger partial charge on any atom is 0.199 e. The summed E-state index contributed by atoms with van der Waals surface area (Å²) < 4.78 is 13.2. The number of benzene rings is 1. The summed E-state index contributed by atoms with van der Waals surface area (Å²) in [6, 6.07) is 8.04. The number of nitrogens with zero attached hydrogens (tertiary/aromatic N) is 2. The molecule has 0 unspecified atom stereocenters. The molecule has 0 fully saturated rings. The average Bonchev–Trinajstić information content (AvgIpc) is 2.23.